The fourth-order valence-corrected chi connectivity index (χ4v) is 1.59. The van der Waals surface area contributed by atoms with Gasteiger partial charge in [-0.1, -0.05) is 18.5 Å². The molecule has 0 radical (unpaired) electrons. The lowest BCUT2D eigenvalue weighted by Gasteiger charge is -2.07. The van der Waals surface area contributed by atoms with E-state index in [1.807, 2.05) is 6.92 Å². The molecule has 0 fully saturated rings. The lowest BCUT2D eigenvalue weighted by atomic mass is 10.3. The molecule has 0 N–H and O–H groups in total. The molecule has 0 saturated heterocycles. The summed E-state index contributed by atoms with van der Waals surface area (Å²) in [7, 11) is 0. The molecule has 0 saturated carbocycles. The Kier molecular flexibility index (Phi) is 7.94. The summed E-state index contributed by atoms with van der Waals surface area (Å²) in [5, 5.41) is 10.8. The minimum Gasteiger partial charge on any atom is -0.491 e. The molecule has 0 spiro atoms. The fraction of sp³-hybridized carbons (Fsp3) is 0.538. The second-order valence-corrected chi connectivity index (χ2v) is 4.35. The highest BCUT2D eigenvalue weighted by Gasteiger charge is 2.13. The number of rotatable bonds is 10. The molecule has 0 heterocycles. The van der Waals surface area contributed by atoms with Gasteiger partial charge in [0.05, 0.1) is 30.8 Å². The van der Waals surface area contributed by atoms with E-state index < -0.39 is 4.92 Å². The normalized spacial score (nSPS) is 10.5. The third kappa shape index (κ3) is 6.18. The van der Waals surface area contributed by atoms with Crippen LogP contribution >= 0.6 is 11.6 Å². The number of ether oxygens (including phenoxy) is 3. The van der Waals surface area contributed by atoms with Gasteiger partial charge >= 0.3 is 0 Å². The van der Waals surface area contributed by atoms with E-state index in [0.29, 0.717) is 32.2 Å². The van der Waals surface area contributed by atoms with Crippen molar-refractivity contribution >= 4 is 17.3 Å². The largest absolute Gasteiger partial charge is 0.491 e. The Morgan fingerprint density at radius 2 is 1.80 bits per heavy atom. The zero-order chi connectivity index (χ0) is 14.8. The number of hydrogen-bond donors (Lipinski definition) is 0. The first-order chi connectivity index (χ1) is 9.65. The van der Waals surface area contributed by atoms with Gasteiger partial charge in [0.2, 0.25) is 0 Å². The molecule has 7 heteroatoms. The second-order valence-electron chi connectivity index (χ2n) is 3.94. The molecule has 0 atom stereocenters. The molecule has 1 rings (SSSR count). The summed E-state index contributed by atoms with van der Waals surface area (Å²) in [6, 6.07) is 4.32. The summed E-state index contributed by atoms with van der Waals surface area (Å²) in [4.78, 5) is 10.2. The molecule has 0 aliphatic rings. The molecule has 0 bridgehead atoms. The molecule has 1 aromatic rings. The van der Waals surface area contributed by atoms with Crippen LogP contribution in [0.2, 0.25) is 5.02 Å². The van der Waals surface area contributed by atoms with Crippen molar-refractivity contribution < 1.29 is 19.1 Å². The van der Waals surface area contributed by atoms with Crippen LogP contribution in [0.5, 0.6) is 5.75 Å². The van der Waals surface area contributed by atoms with Gasteiger partial charge in [-0.05, 0) is 18.6 Å². The molecular weight excluding hydrogens is 286 g/mol. The van der Waals surface area contributed by atoms with Crippen molar-refractivity contribution in [3.63, 3.8) is 0 Å². The predicted octanol–water partition coefficient (Wildman–Crippen LogP) is 3.07. The summed E-state index contributed by atoms with van der Waals surface area (Å²) in [5.74, 6) is 0.395. The smallest absolute Gasteiger partial charge is 0.291 e. The Morgan fingerprint density at radius 1 is 1.15 bits per heavy atom. The third-order valence-corrected chi connectivity index (χ3v) is 2.65. The average Bonchev–Trinajstić information content (AvgIpc) is 2.43. The van der Waals surface area contributed by atoms with E-state index >= 15 is 0 Å². The monoisotopic (exact) mass is 303 g/mol. The van der Waals surface area contributed by atoms with Crippen LogP contribution in [-0.4, -0.2) is 38.0 Å². The Morgan fingerprint density at radius 3 is 2.45 bits per heavy atom. The van der Waals surface area contributed by atoms with E-state index in [-0.39, 0.29) is 10.7 Å². The lowest BCUT2D eigenvalue weighted by molar-refractivity contribution is -0.384. The van der Waals surface area contributed by atoms with Crippen molar-refractivity contribution in [3.05, 3.63) is 33.3 Å². The van der Waals surface area contributed by atoms with Crippen molar-refractivity contribution in [2.24, 2.45) is 0 Å². The van der Waals surface area contributed by atoms with E-state index in [9.17, 15) is 10.1 Å². The fourth-order valence-electron chi connectivity index (χ4n) is 1.41. The molecule has 0 aliphatic heterocycles. The number of nitro groups is 1. The number of halogens is 1. The van der Waals surface area contributed by atoms with Crippen molar-refractivity contribution in [2.75, 3.05) is 33.0 Å². The Hall–Kier alpha value is -1.37. The number of hydrogen-bond acceptors (Lipinski definition) is 5. The van der Waals surface area contributed by atoms with Crippen LogP contribution in [0, 0.1) is 10.1 Å². The minimum atomic E-state index is -0.545. The van der Waals surface area contributed by atoms with Gasteiger partial charge in [0, 0.05) is 6.61 Å². The number of benzene rings is 1. The third-order valence-electron chi connectivity index (χ3n) is 2.33. The van der Waals surface area contributed by atoms with Crippen molar-refractivity contribution in [3.8, 4) is 5.75 Å². The van der Waals surface area contributed by atoms with E-state index in [1.165, 1.54) is 12.1 Å². The minimum absolute atomic E-state index is 0.0895. The van der Waals surface area contributed by atoms with Crippen LogP contribution in [-0.2, 0) is 9.47 Å². The molecular formula is C13H18ClNO5. The van der Waals surface area contributed by atoms with E-state index in [4.69, 9.17) is 25.8 Å². The molecule has 0 unspecified atom stereocenters. The van der Waals surface area contributed by atoms with E-state index in [0.717, 1.165) is 13.0 Å². The summed E-state index contributed by atoms with van der Waals surface area (Å²) < 4.78 is 15.9. The van der Waals surface area contributed by atoms with Gasteiger partial charge in [-0.15, -0.1) is 0 Å². The second kappa shape index (κ2) is 9.52. The van der Waals surface area contributed by atoms with Crippen LogP contribution in [0.1, 0.15) is 13.3 Å². The maximum atomic E-state index is 10.7. The van der Waals surface area contributed by atoms with Crippen LogP contribution in [0.25, 0.3) is 0 Å². The maximum absolute atomic E-state index is 10.7. The highest BCUT2D eigenvalue weighted by Crippen LogP contribution is 2.28. The van der Waals surface area contributed by atoms with Gasteiger partial charge in [-0.25, -0.2) is 0 Å². The van der Waals surface area contributed by atoms with Crippen LogP contribution < -0.4 is 4.74 Å². The van der Waals surface area contributed by atoms with E-state index in [2.05, 4.69) is 0 Å². The SMILES string of the molecule is CCCOCCOCCOc1ccc(Cl)c([N+](=O)[O-])c1. The molecule has 0 aliphatic carbocycles. The summed E-state index contributed by atoms with van der Waals surface area (Å²) in [6.45, 7) is 4.54. The average molecular weight is 304 g/mol. The van der Waals surface area contributed by atoms with Crippen LogP contribution in [0.4, 0.5) is 5.69 Å². The van der Waals surface area contributed by atoms with Gasteiger partial charge in [0.25, 0.3) is 5.69 Å². The first-order valence-electron chi connectivity index (χ1n) is 6.37. The Balaban J connectivity index is 2.22. The summed E-state index contributed by atoms with van der Waals surface area (Å²) in [5.41, 5.74) is -0.168. The zero-order valence-corrected chi connectivity index (χ0v) is 12.1. The molecule has 6 nitrogen and oxygen atoms in total. The topological polar surface area (TPSA) is 70.8 Å². The van der Waals surface area contributed by atoms with Crippen LogP contribution in [0.3, 0.4) is 0 Å². The summed E-state index contributed by atoms with van der Waals surface area (Å²) >= 11 is 5.70. The molecule has 112 valence electrons. The zero-order valence-electron chi connectivity index (χ0n) is 11.3. The van der Waals surface area contributed by atoms with Crippen LogP contribution in [0.15, 0.2) is 18.2 Å². The first kappa shape index (κ1) is 16.7. The Labute approximate surface area is 122 Å². The van der Waals surface area contributed by atoms with Gasteiger partial charge in [-0.2, -0.15) is 0 Å². The number of nitro benzene ring substituents is 1. The van der Waals surface area contributed by atoms with Gasteiger partial charge < -0.3 is 14.2 Å². The van der Waals surface area contributed by atoms with Crippen molar-refractivity contribution in [1.29, 1.82) is 0 Å². The molecule has 1 aromatic carbocycles. The van der Waals surface area contributed by atoms with E-state index in [1.54, 1.807) is 6.07 Å². The van der Waals surface area contributed by atoms with Crippen molar-refractivity contribution in [2.45, 2.75) is 13.3 Å². The first-order valence-corrected chi connectivity index (χ1v) is 6.75. The molecule has 0 aromatic heterocycles. The standard InChI is InChI=1S/C13H18ClNO5/c1-2-5-18-6-7-19-8-9-20-11-3-4-12(14)13(10-11)15(16)17/h3-4,10H,2,5-9H2,1H3. The van der Waals surface area contributed by atoms with Gasteiger partial charge in [0.15, 0.2) is 0 Å². The highest BCUT2D eigenvalue weighted by atomic mass is 35.5. The summed E-state index contributed by atoms with van der Waals surface area (Å²) in [6.07, 6.45) is 0.985. The number of nitrogens with zero attached hydrogens (tertiary/aromatic N) is 1. The highest BCUT2D eigenvalue weighted by molar-refractivity contribution is 6.32. The Bertz CT molecular complexity index is 427. The predicted molar refractivity (Wildman–Crippen MR) is 75.5 cm³/mol. The quantitative estimate of drug-likeness (QED) is 0.377. The lowest BCUT2D eigenvalue weighted by Crippen LogP contribution is -2.11. The molecule has 20 heavy (non-hydrogen) atoms. The van der Waals surface area contributed by atoms with Gasteiger partial charge in [0.1, 0.15) is 17.4 Å². The van der Waals surface area contributed by atoms with Gasteiger partial charge in [-0.3, -0.25) is 10.1 Å². The maximum Gasteiger partial charge on any atom is 0.291 e. The molecule has 0 amide bonds. The van der Waals surface area contributed by atoms with Crippen molar-refractivity contribution in [1.82, 2.24) is 0 Å².